The van der Waals surface area contributed by atoms with Crippen molar-refractivity contribution < 1.29 is 168 Å². The van der Waals surface area contributed by atoms with E-state index >= 15 is 0 Å². The zero-order valence-electron chi connectivity index (χ0n) is 4.74. The summed E-state index contributed by atoms with van der Waals surface area (Å²) in [6.07, 6.45) is -4.17. The van der Waals surface area contributed by atoms with Crippen molar-refractivity contribution in [3.05, 3.63) is 0 Å². The van der Waals surface area contributed by atoms with Gasteiger partial charge in [-0.1, -0.05) is 0 Å². The van der Waals surface area contributed by atoms with Crippen LogP contribution in [0.15, 0.2) is 0 Å². The summed E-state index contributed by atoms with van der Waals surface area (Å²) in [7, 11) is 0. The average molecular weight is 606 g/mol. The third-order valence-corrected chi connectivity index (χ3v) is 0. The summed E-state index contributed by atoms with van der Waals surface area (Å²) < 4.78 is 0. The van der Waals surface area contributed by atoms with Gasteiger partial charge in [-0.2, -0.15) is 0 Å². The zero-order chi connectivity index (χ0) is 7.15. The molecule has 0 aliphatic carbocycles. The van der Waals surface area contributed by atoms with Crippen molar-refractivity contribution in [3.63, 3.8) is 0 Å². The molecule has 0 aliphatic rings. The summed E-state index contributed by atoms with van der Waals surface area (Å²) in [6.45, 7) is 0. The van der Waals surface area contributed by atoms with E-state index in [-0.39, 0.29) is 148 Å². The van der Waals surface area contributed by atoms with Crippen LogP contribution in [0.4, 0.5) is 0 Å². The summed E-state index contributed by atoms with van der Waals surface area (Å²) in [6, 6.07) is 0. The van der Waals surface area contributed by atoms with Crippen molar-refractivity contribution in [3.8, 4) is 0 Å². The molecule has 4 nitrogen and oxygen atoms in total. The summed E-state index contributed by atoms with van der Waals surface area (Å²) in [4.78, 5) is 0. The van der Waals surface area contributed by atoms with Crippen molar-refractivity contribution >= 4 is 37.8 Å². The van der Waals surface area contributed by atoms with Gasteiger partial charge < -0.3 is 57.8 Å². The van der Waals surface area contributed by atoms with Crippen molar-refractivity contribution in [1.29, 1.82) is 0 Å². The first-order valence-corrected chi connectivity index (χ1v) is 2.36. The Morgan fingerprint density at radius 3 is 0.636 bits per heavy atom. The molecule has 0 bridgehead atoms. The largest absolute Gasteiger partial charge is 2.00 e. The van der Waals surface area contributed by atoms with Crippen molar-refractivity contribution in [2.24, 2.45) is 0 Å². The monoisotopic (exact) mass is 609 g/mol. The standard InChI is InChI=1S/2BO2S.3Eu/c2*2-1(3)4;;;/q2*-3;3*+2. The fourth-order valence-corrected chi connectivity index (χ4v) is 0. The molecule has 0 aromatic heterocycles. The van der Waals surface area contributed by atoms with Crippen LogP contribution < -0.4 is 20.1 Å². The second-order valence-corrected chi connectivity index (χ2v) is 1.35. The van der Waals surface area contributed by atoms with Crippen LogP contribution >= 0.6 is 0 Å². The first kappa shape index (κ1) is 29.9. The minimum Gasteiger partial charge on any atom is -0.911 e. The third-order valence-electron chi connectivity index (χ3n) is 0. The Kier molecular flexibility index (Phi) is 66.9. The predicted octanol–water partition coefficient (Wildman–Crippen LogP) is -5.52. The predicted molar refractivity (Wildman–Crippen MR) is 26.2 cm³/mol. The van der Waals surface area contributed by atoms with E-state index in [1.807, 2.05) is 0 Å². The second kappa shape index (κ2) is 24.6. The Bertz CT molecular complexity index is 36.8. The minimum atomic E-state index is -2.08. The van der Waals surface area contributed by atoms with E-state index in [0.29, 0.717) is 0 Å². The third kappa shape index (κ3) is 94.5. The van der Waals surface area contributed by atoms with Crippen molar-refractivity contribution in [2.75, 3.05) is 0 Å². The van der Waals surface area contributed by atoms with Gasteiger partial charge in [0.25, 0.3) is 0 Å². The molecule has 0 amide bonds. The quantitative estimate of drug-likeness (QED) is 0.202. The molecule has 0 spiro atoms. The average Bonchev–Trinajstić information content (AvgIpc) is 1.25. The topological polar surface area (TPSA) is 92.2 Å². The molecule has 0 aliphatic heterocycles. The molecular weight excluding hydrogens is 606 g/mol. The molecule has 11 heavy (non-hydrogen) atoms. The number of hydrogen-bond acceptors (Lipinski definition) is 6. The molecule has 0 saturated heterocycles. The van der Waals surface area contributed by atoms with E-state index in [9.17, 15) is 0 Å². The van der Waals surface area contributed by atoms with Gasteiger partial charge in [-0.05, 0) is 0 Å². The summed E-state index contributed by atoms with van der Waals surface area (Å²) >= 11 is 7.02. The van der Waals surface area contributed by atoms with Crippen molar-refractivity contribution in [1.82, 2.24) is 0 Å². The molecule has 0 unspecified atom stereocenters. The Hall–Kier alpha value is 5.42. The summed E-state index contributed by atoms with van der Waals surface area (Å²) in [5, 5.41) is 35.1. The normalized spacial score (nSPS) is 4.91. The molecule has 0 aromatic rings. The van der Waals surface area contributed by atoms with Gasteiger partial charge in [0.15, 0.2) is 0 Å². The van der Waals surface area contributed by atoms with Gasteiger partial charge in [0.05, 0.1) is 0 Å². The summed E-state index contributed by atoms with van der Waals surface area (Å²) in [5.41, 5.74) is 0. The van der Waals surface area contributed by atoms with Crippen LogP contribution in [0.1, 0.15) is 0 Å². The molecule has 0 fully saturated rings. The SMILES string of the molecule is [Eu+2].[Eu+2].[Eu+2].[O-]B([O-])[S-].[O-]B([O-])[S-]. The molecule has 0 N–H and O–H groups in total. The van der Waals surface area contributed by atoms with Crippen LogP contribution in [0.5, 0.6) is 0 Å². The second-order valence-electron chi connectivity index (χ2n) is 0.577. The van der Waals surface area contributed by atoms with E-state index in [0.717, 1.165) is 0 Å². The maximum Gasteiger partial charge on any atom is 2.00 e. The molecule has 0 atom stereocenters. The smallest absolute Gasteiger partial charge is 0.911 e. The van der Waals surface area contributed by atoms with Crippen molar-refractivity contribution in [2.45, 2.75) is 0 Å². The maximum absolute atomic E-state index is 8.79. The molecule has 11 heteroatoms. The molecule has 0 heterocycles. The van der Waals surface area contributed by atoms with Crippen LogP contribution in [0.25, 0.3) is 0 Å². The Morgan fingerprint density at radius 1 is 0.636 bits per heavy atom. The molecular formula is B2Eu3O4S2. The first-order valence-electron chi connectivity index (χ1n) is 1.41. The Morgan fingerprint density at radius 2 is 0.636 bits per heavy atom. The van der Waals surface area contributed by atoms with E-state index in [1.54, 1.807) is 0 Å². The number of hydrogen-bond donors (Lipinski definition) is 0. The fraction of sp³-hybridized carbons (Fsp3) is 0. The van der Waals surface area contributed by atoms with E-state index in [1.165, 1.54) is 0 Å². The van der Waals surface area contributed by atoms with E-state index < -0.39 is 12.8 Å². The molecule has 3 radical (unpaired) electrons. The van der Waals surface area contributed by atoms with E-state index in [2.05, 4.69) is 25.0 Å². The molecule has 0 saturated carbocycles. The van der Waals surface area contributed by atoms with Gasteiger partial charge in [0, 0.05) is 0 Å². The van der Waals surface area contributed by atoms with Gasteiger partial charge in [0.1, 0.15) is 0 Å². The van der Waals surface area contributed by atoms with Crippen LogP contribution in [-0.2, 0) is 25.0 Å². The van der Waals surface area contributed by atoms with Crippen LogP contribution in [0, 0.1) is 148 Å². The maximum atomic E-state index is 8.79. The van der Waals surface area contributed by atoms with Gasteiger partial charge in [-0.15, -0.1) is 0 Å². The number of rotatable bonds is 0. The Balaban J connectivity index is -0.0000000171. The fourth-order valence-electron chi connectivity index (χ4n) is 0. The first-order chi connectivity index (χ1) is 3.46. The summed E-state index contributed by atoms with van der Waals surface area (Å²) in [5.74, 6) is 0. The van der Waals surface area contributed by atoms with Gasteiger partial charge in [-0.25, -0.2) is 0 Å². The molecule has 0 aromatic carbocycles. The Labute approximate surface area is 200 Å². The van der Waals surface area contributed by atoms with Crippen LogP contribution in [0.3, 0.4) is 0 Å². The van der Waals surface area contributed by atoms with Gasteiger partial charge in [0.2, 0.25) is 0 Å². The van der Waals surface area contributed by atoms with E-state index in [4.69, 9.17) is 20.1 Å². The van der Waals surface area contributed by atoms with Gasteiger partial charge >= 0.3 is 148 Å². The molecule has 63 valence electrons. The van der Waals surface area contributed by atoms with Crippen LogP contribution in [0.2, 0.25) is 0 Å². The van der Waals surface area contributed by atoms with Gasteiger partial charge in [-0.3, -0.25) is 0 Å². The molecule has 0 rings (SSSR count). The van der Waals surface area contributed by atoms with Crippen LogP contribution in [-0.4, -0.2) is 12.8 Å². The minimum absolute atomic E-state index is 0. The zero-order valence-corrected chi connectivity index (χ0v) is 13.6.